The lowest BCUT2D eigenvalue weighted by molar-refractivity contribution is 0.306. The summed E-state index contributed by atoms with van der Waals surface area (Å²) >= 11 is 0. The first-order valence-corrected chi connectivity index (χ1v) is 6.64. The second-order valence-electron chi connectivity index (χ2n) is 5.72. The van der Waals surface area contributed by atoms with Crippen LogP contribution in [0.1, 0.15) is 31.9 Å². The molecule has 106 valence electrons. The predicted molar refractivity (Wildman–Crippen MR) is 81.5 cm³/mol. The Hall–Kier alpha value is -2.07. The molecule has 0 saturated carbocycles. The van der Waals surface area contributed by atoms with Crippen LogP contribution < -0.4 is 16.0 Å². The van der Waals surface area contributed by atoms with E-state index < -0.39 is 0 Å². The van der Waals surface area contributed by atoms with E-state index in [1.807, 2.05) is 24.3 Å². The maximum absolute atomic E-state index is 5.77. The van der Waals surface area contributed by atoms with E-state index in [0.717, 1.165) is 11.3 Å². The van der Waals surface area contributed by atoms with Crippen molar-refractivity contribution in [1.82, 2.24) is 4.98 Å². The van der Waals surface area contributed by atoms with Crippen LogP contribution in [0.2, 0.25) is 0 Å². The number of hydrogen-bond donors (Lipinski definition) is 2. The number of aromatic nitrogens is 1. The highest BCUT2D eigenvalue weighted by atomic mass is 16.5. The largest absolute Gasteiger partial charge is 0.489 e. The van der Waals surface area contributed by atoms with E-state index >= 15 is 0 Å². The van der Waals surface area contributed by atoms with Gasteiger partial charge in [0.15, 0.2) is 0 Å². The van der Waals surface area contributed by atoms with Crippen molar-refractivity contribution in [2.45, 2.75) is 32.8 Å². The van der Waals surface area contributed by atoms with Crippen LogP contribution in [0, 0.1) is 0 Å². The normalized spacial score (nSPS) is 11.2. The fourth-order valence-electron chi connectivity index (χ4n) is 1.90. The highest BCUT2D eigenvalue weighted by Gasteiger charge is 2.13. The maximum atomic E-state index is 5.77. The molecule has 1 heterocycles. The molecular weight excluding hydrogens is 250 g/mol. The van der Waals surface area contributed by atoms with E-state index in [9.17, 15) is 0 Å². The van der Waals surface area contributed by atoms with Crippen LogP contribution in [-0.2, 0) is 12.0 Å². The van der Waals surface area contributed by atoms with Crippen molar-refractivity contribution in [3.05, 3.63) is 53.7 Å². The monoisotopic (exact) mass is 271 g/mol. The molecule has 0 aliphatic carbocycles. The second kappa shape index (κ2) is 5.92. The molecule has 0 saturated heterocycles. The average Bonchev–Trinajstić information content (AvgIpc) is 2.45. The van der Waals surface area contributed by atoms with Crippen LogP contribution in [0.15, 0.2) is 42.6 Å². The molecular formula is C16H21N3O. The molecule has 1 aromatic heterocycles. The van der Waals surface area contributed by atoms with Gasteiger partial charge in [0.25, 0.3) is 0 Å². The van der Waals surface area contributed by atoms with Crippen molar-refractivity contribution in [2.24, 2.45) is 5.84 Å². The van der Waals surface area contributed by atoms with E-state index in [2.05, 4.69) is 43.3 Å². The molecule has 3 N–H and O–H groups in total. The Balaban J connectivity index is 2.04. The predicted octanol–water partition coefficient (Wildman–Crippen LogP) is 3.24. The summed E-state index contributed by atoms with van der Waals surface area (Å²) in [6.07, 6.45) is 1.69. The number of nitrogens with zero attached hydrogens (tertiary/aromatic N) is 1. The number of hydrazine groups is 1. The summed E-state index contributed by atoms with van der Waals surface area (Å²) in [4.78, 5) is 4.14. The summed E-state index contributed by atoms with van der Waals surface area (Å²) in [7, 11) is 0. The zero-order chi connectivity index (χ0) is 14.6. The molecule has 0 amide bonds. The van der Waals surface area contributed by atoms with Crippen molar-refractivity contribution in [3.63, 3.8) is 0 Å². The van der Waals surface area contributed by atoms with Gasteiger partial charge in [0.1, 0.15) is 18.2 Å². The van der Waals surface area contributed by atoms with Crippen LogP contribution in [-0.4, -0.2) is 4.98 Å². The minimum atomic E-state index is 0.151. The van der Waals surface area contributed by atoms with Gasteiger partial charge in [-0.3, -0.25) is 0 Å². The molecule has 0 atom stereocenters. The number of nitrogen functional groups attached to an aromatic ring is 1. The van der Waals surface area contributed by atoms with Crippen molar-refractivity contribution >= 4 is 5.82 Å². The average molecular weight is 271 g/mol. The maximum Gasteiger partial charge on any atom is 0.146 e. The summed E-state index contributed by atoms with van der Waals surface area (Å²) in [5.74, 6) is 6.89. The molecule has 20 heavy (non-hydrogen) atoms. The van der Waals surface area contributed by atoms with Gasteiger partial charge in [0.05, 0.1) is 0 Å². The smallest absolute Gasteiger partial charge is 0.146 e. The van der Waals surface area contributed by atoms with E-state index in [1.165, 1.54) is 5.56 Å². The molecule has 4 nitrogen and oxygen atoms in total. The molecule has 2 aromatic rings. The van der Waals surface area contributed by atoms with Crippen LogP contribution in [0.3, 0.4) is 0 Å². The summed E-state index contributed by atoms with van der Waals surface area (Å²) < 4.78 is 5.77. The third-order valence-electron chi connectivity index (χ3n) is 3.14. The first kappa shape index (κ1) is 14.3. The second-order valence-corrected chi connectivity index (χ2v) is 5.72. The SMILES string of the molecule is CC(C)(C)c1ccc(OCc2cccnc2NN)cc1. The summed E-state index contributed by atoms with van der Waals surface area (Å²) in [6, 6.07) is 12.0. The first-order chi connectivity index (χ1) is 9.50. The third-order valence-corrected chi connectivity index (χ3v) is 3.14. The van der Waals surface area contributed by atoms with Crippen LogP contribution in [0.4, 0.5) is 5.82 Å². The van der Waals surface area contributed by atoms with E-state index in [0.29, 0.717) is 12.4 Å². The zero-order valence-corrected chi connectivity index (χ0v) is 12.2. The number of rotatable bonds is 4. The lowest BCUT2D eigenvalue weighted by atomic mass is 9.87. The number of nitrogens with one attached hydrogen (secondary N) is 1. The van der Waals surface area contributed by atoms with Gasteiger partial charge in [-0.25, -0.2) is 10.8 Å². The number of nitrogens with two attached hydrogens (primary N) is 1. The molecule has 4 heteroatoms. The number of ether oxygens (including phenoxy) is 1. The highest BCUT2D eigenvalue weighted by Crippen LogP contribution is 2.24. The minimum absolute atomic E-state index is 0.151. The topological polar surface area (TPSA) is 60.2 Å². The molecule has 0 aliphatic rings. The lowest BCUT2D eigenvalue weighted by Crippen LogP contribution is -2.12. The van der Waals surface area contributed by atoms with E-state index in [-0.39, 0.29) is 5.41 Å². The Kier molecular flexibility index (Phi) is 4.25. The molecule has 2 rings (SSSR count). The van der Waals surface area contributed by atoms with Gasteiger partial charge in [-0.2, -0.15) is 0 Å². The highest BCUT2D eigenvalue weighted by molar-refractivity contribution is 5.42. The molecule has 0 unspecified atom stereocenters. The van der Waals surface area contributed by atoms with Crippen LogP contribution in [0.5, 0.6) is 5.75 Å². The summed E-state index contributed by atoms with van der Waals surface area (Å²) in [5.41, 5.74) is 4.93. The Labute approximate surface area is 120 Å². The lowest BCUT2D eigenvalue weighted by Gasteiger charge is -2.19. The van der Waals surface area contributed by atoms with Gasteiger partial charge in [-0.05, 0) is 29.2 Å². The van der Waals surface area contributed by atoms with Crippen LogP contribution in [0.25, 0.3) is 0 Å². The molecule has 0 spiro atoms. The molecule has 1 aromatic carbocycles. The van der Waals surface area contributed by atoms with Gasteiger partial charge in [0.2, 0.25) is 0 Å². The Bertz CT molecular complexity index is 559. The molecule has 0 bridgehead atoms. The van der Waals surface area contributed by atoms with Gasteiger partial charge in [-0.15, -0.1) is 0 Å². The first-order valence-electron chi connectivity index (χ1n) is 6.64. The third kappa shape index (κ3) is 3.48. The zero-order valence-electron chi connectivity index (χ0n) is 12.2. The van der Waals surface area contributed by atoms with Crippen molar-refractivity contribution in [2.75, 3.05) is 5.43 Å². The van der Waals surface area contributed by atoms with Crippen molar-refractivity contribution in [1.29, 1.82) is 0 Å². The quantitative estimate of drug-likeness (QED) is 0.662. The number of benzene rings is 1. The fraction of sp³-hybridized carbons (Fsp3) is 0.312. The Morgan fingerprint density at radius 3 is 2.45 bits per heavy atom. The van der Waals surface area contributed by atoms with E-state index in [1.54, 1.807) is 6.20 Å². The molecule has 0 aliphatic heterocycles. The van der Waals surface area contributed by atoms with Crippen molar-refractivity contribution in [3.8, 4) is 5.75 Å². The molecule has 0 radical (unpaired) electrons. The van der Waals surface area contributed by atoms with Crippen LogP contribution >= 0.6 is 0 Å². The molecule has 0 fully saturated rings. The Morgan fingerprint density at radius 2 is 1.85 bits per heavy atom. The number of pyridine rings is 1. The van der Waals surface area contributed by atoms with E-state index in [4.69, 9.17) is 10.6 Å². The Morgan fingerprint density at radius 1 is 1.15 bits per heavy atom. The van der Waals surface area contributed by atoms with Gasteiger partial charge in [-0.1, -0.05) is 39.0 Å². The van der Waals surface area contributed by atoms with Crippen molar-refractivity contribution < 1.29 is 4.74 Å². The van der Waals surface area contributed by atoms with Gasteiger partial charge >= 0.3 is 0 Å². The number of anilines is 1. The summed E-state index contributed by atoms with van der Waals surface area (Å²) in [6.45, 7) is 7.01. The van der Waals surface area contributed by atoms with Gasteiger partial charge in [0, 0.05) is 11.8 Å². The summed E-state index contributed by atoms with van der Waals surface area (Å²) in [5, 5.41) is 0. The fourth-order valence-corrected chi connectivity index (χ4v) is 1.90. The number of hydrogen-bond acceptors (Lipinski definition) is 4. The van der Waals surface area contributed by atoms with Gasteiger partial charge < -0.3 is 10.2 Å². The standard InChI is InChI=1S/C16H21N3O/c1-16(2,3)13-6-8-14(9-7-13)20-11-12-5-4-10-18-15(12)19-17/h4-10H,11,17H2,1-3H3,(H,18,19). The minimum Gasteiger partial charge on any atom is -0.489 e.